The minimum atomic E-state index is 0.103. The number of halogens is 1. The third-order valence-electron chi connectivity index (χ3n) is 4.08. The van der Waals surface area contributed by atoms with E-state index in [9.17, 15) is 0 Å². The summed E-state index contributed by atoms with van der Waals surface area (Å²) in [6, 6.07) is 3.98. The van der Waals surface area contributed by atoms with Crippen LogP contribution < -0.4 is 15.2 Å². The van der Waals surface area contributed by atoms with E-state index in [1.54, 1.807) is 14.2 Å². The normalized spacial score (nSPS) is 18.5. The Labute approximate surface area is 131 Å². The molecular weight excluding hydrogens is 290 g/mol. The maximum Gasteiger partial charge on any atom is 0.179 e. The topological polar surface area (TPSA) is 51.0 Å². The van der Waals surface area contributed by atoms with E-state index in [0.29, 0.717) is 23.1 Å². The van der Waals surface area contributed by atoms with E-state index in [1.807, 2.05) is 12.1 Å². The molecule has 1 fully saturated rings. The molecule has 5 nitrogen and oxygen atoms in total. The van der Waals surface area contributed by atoms with Gasteiger partial charge in [-0.2, -0.15) is 0 Å². The summed E-state index contributed by atoms with van der Waals surface area (Å²) < 4.78 is 10.7. The summed E-state index contributed by atoms with van der Waals surface area (Å²) in [5.41, 5.74) is 7.02. The highest BCUT2D eigenvalue weighted by Crippen LogP contribution is 2.40. The molecule has 1 heterocycles. The van der Waals surface area contributed by atoms with Crippen molar-refractivity contribution in [3.8, 4) is 11.5 Å². The van der Waals surface area contributed by atoms with Crippen LogP contribution in [0.5, 0.6) is 11.5 Å². The van der Waals surface area contributed by atoms with Crippen molar-refractivity contribution in [3.63, 3.8) is 0 Å². The summed E-state index contributed by atoms with van der Waals surface area (Å²) in [6.07, 6.45) is 0. The van der Waals surface area contributed by atoms with Gasteiger partial charge in [0.2, 0.25) is 0 Å². The molecule has 1 saturated heterocycles. The van der Waals surface area contributed by atoms with Gasteiger partial charge >= 0.3 is 0 Å². The monoisotopic (exact) mass is 313 g/mol. The van der Waals surface area contributed by atoms with E-state index in [-0.39, 0.29) is 6.04 Å². The third kappa shape index (κ3) is 3.43. The molecule has 0 spiro atoms. The van der Waals surface area contributed by atoms with Crippen LogP contribution in [-0.2, 0) is 0 Å². The lowest BCUT2D eigenvalue weighted by Crippen LogP contribution is -2.47. The van der Waals surface area contributed by atoms with Crippen molar-refractivity contribution in [2.75, 3.05) is 54.0 Å². The smallest absolute Gasteiger partial charge is 0.179 e. The van der Waals surface area contributed by atoms with Crippen LogP contribution in [0, 0.1) is 0 Å². The molecule has 2 N–H and O–H groups in total. The summed E-state index contributed by atoms with van der Waals surface area (Å²) in [6.45, 7) is 4.59. The molecule has 1 aromatic rings. The number of piperazine rings is 1. The van der Waals surface area contributed by atoms with Crippen LogP contribution in [0.4, 0.5) is 0 Å². The fraction of sp³-hybridized carbons (Fsp3) is 0.600. The lowest BCUT2D eigenvalue weighted by molar-refractivity contribution is 0.114. The van der Waals surface area contributed by atoms with Gasteiger partial charge in [-0.15, -0.1) is 0 Å². The van der Waals surface area contributed by atoms with Crippen LogP contribution in [0.1, 0.15) is 11.6 Å². The highest BCUT2D eigenvalue weighted by atomic mass is 35.5. The first-order valence-corrected chi connectivity index (χ1v) is 7.53. The summed E-state index contributed by atoms with van der Waals surface area (Å²) in [7, 11) is 5.34. The summed E-state index contributed by atoms with van der Waals surface area (Å²) in [5, 5.41) is 0.589. The van der Waals surface area contributed by atoms with Crippen molar-refractivity contribution in [1.29, 1.82) is 0 Å². The Balaban J connectivity index is 2.30. The Morgan fingerprint density at radius 2 is 1.86 bits per heavy atom. The summed E-state index contributed by atoms with van der Waals surface area (Å²) in [4.78, 5) is 4.70. The van der Waals surface area contributed by atoms with Gasteiger partial charge in [0, 0.05) is 38.8 Å². The number of ether oxygens (including phenoxy) is 2. The zero-order valence-electron chi connectivity index (χ0n) is 12.9. The number of rotatable bonds is 5. The van der Waals surface area contributed by atoms with Crippen molar-refractivity contribution in [3.05, 3.63) is 22.7 Å². The molecule has 2 rings (SSSR count). The molecule has 0 aliphatic carbocycles. The Hall–Kier alpha value is -1.01. The fourth-order valence-corrected chi connectivity index (χ4v) is 3.13. The molecule has 1 atom stereocenters. The minimum Gasteiger partial charge on any atom is -0.493 e. The first-order valence-electron chi connectivity index (χ1n) is 7.15. The zero-order valence-corrected chi connectivity index (χ0v) is 13.7. The molecule has 0 bridgehead atoms. The SMILES string of the molecule is COc1ccc(C(CN)N2CCN(C)CC2)c(Cl)c1OC. The van der Waals surface area contributed by atoms with Gasteiger partial charge in [0.05, 0.1) is 19.2 Å². The average molecular weight is 314 g/mol. The number of likely N-dealkylation sites (N-methyl/N-ethyl adjacent to an activating group) is 1. The second-order valence-corrected chi connectivity index (χ2v) is 5.67. The molecule has 6 heteroatoms. The molecule has 1 aliphatic rings. The predicted octanol–water partition coefficient (Wildman–Crippen LogP) is 1.60. The molecule has 118 valence electrons. The first-order chi connectivity index (χ1) is 10.1. The van der Waals surface area contributed by atoms with Crippen LogP contribution in [-0.4, -0.2) is 63.8 Å². The molecule has 1 unspecified atom stereocenters. The molecule has 0 aromatic heterocycles. The number of hydrogen-bond acceptors (Lipinski definition) is 5. The minimum absolute atomic E-state index is 0.103. The van der Waals surface area contributed by atoms with E-state index in [1.165, 1.54) is 0 Å². The Kier molecular flexibility index (Phi) is 5.70. The highest BCUT2D eigenvalue weighted by molar-refractivity contribution is 6.33. The fourth-order valence-electron chi connectivity index (χ4n) is 2.77. The number of nitrogens with two attached hydrogens (primary N) is 1. The quantitative estimate of drug-likeness (QED) is 0.895. The van der Waals surface area contributed by atoms with Gasteiger partial charge in [0.1, 0.15) is 0 Å². The average Bonchev–Trinajstić information content (AvgIpc) is 2.50. The van der Waals surface area contributed by atoms with Gasteiger partial charge in [-0.3, -0.25) is 4.90 Å². The van der Waals surface area contributed by atoms with Crippen LogP contribution in [0.2, 0.25) is 5.02 Å². The second-order valence-electron chi connectivity index (χ2n) is 5.30. The number of benzene rings is 1. The van der Waals surface area contributed by atoms with E-state index >= 15 is 0 Å². The lowest BCUT2D eigenvalue weighted by atomic mass is 10.0. The highest BCUT2D eigenvalue weighted by Gasteiger charge is 2.26. The molecule has 0 saturated carbocycles. The van der Waals surface area contributed by atoms with Gasteiger partial charge in [-0.1, -0.05) is 17.7 Å². The van der Waals surface area contributed by atoms with Crippen LogP contribution in [0.15, 0.2) is 12.1 Å². The molecule has 1 aliphatic heterocycles. The maximum absolute atomic E-state index is 6.52. The van der Waals surface area contributed by atoms with Crippen molar-refractivity contribution in [1.82, 2.24) is 9.80 Å². The largest absolute Gasteiger partial charge is 0.493 e. The number of hydrogen-bond donors (Lipinski definition) is 1. The zero-order chi connectivity index (χ0) is 15.4. The standard InChI is InChI=1S/C15H24ClN3O2/c1-18-6-8-19(9-7-18)12(10-17)11-4-5-13(20-2)15(21-3)14(11)16/h4-5,12H,6-10,17H2,1-3H3. The molecule has 0 radical (unpaired) electrons. The Morgan fingerprint density at radius 3 is 2.38 bits per heavy atom. The molecule has 21 heavy (non-hydrogen) atoms. The summed E-state index contributed by atoms with van der Waals surface area (Å²) >= 11 is 6.52. The molecular formula is C15H24ClN3O2. The van der Waals surface area contributed by atoms with Crippen molar-refractivity contribution in [2.24, 2.45) is 5.73 Å². The van der Waals surface area contributed by atoms with Gasteiger partial charge in [0.25, 0.3) is 0 Å². The van der Waals surface area contributed by atoms with Crippen LogP contribution in [0.3, 0.4) is 0 Å². The molecule has 1 aromatic carbocycles. The van der Waals surface area contributed by atoms with Gasteiger partial charge in [-0.05, 0) is 18.7 Å². The van der Waals surface area contributed by atoms with Crippen molar-refractivity contribution in [2.45, 2.75) is 6.04 Å². The Morgan fingerprint density at radius 1 is 1.19 bits per heavy atom. The van der Waals surface area contributed by atoms with Crippen LogP contribution >= 0.6 is 11.6 Å². The van der Waals surface area contributed by atoms with Gasteiger partial charge < -0.3 is 20.1 Å². The lowest BCUT2D eigenvalue weighted by Gasteiger charge is -2.38. The van der Waals surface area contributed by atoms with Crippen molar-refractivity contribution >= 4 is 11.6 Å². The number of nitrogens with zero attached hydrogens (tertiary/aromatic N) is 2. The van der Waals surface area contributed by atoms with E-state index in [4.69, 9.17) is 26.8 Å². The third-order valence-corrected chi connectivity index (χ3v) is 4.47. The maximum atomic E-state index is 6.52. The predicted molar refractivity (Wildman–Crippen MR) is 85.4 cm³/mol. The summed E-state index contributed by atoms with van der Waals surface area (Å²) in [5.74, 6) is 1.21. The second kappa shape index (κ2) is 7.31. The van der Waals surface area contributed by atoms with E-state index < -0.39 is 0 Å². The molecule has 0 amide bonds. The van der Waals surface area contributed by atoms with E-state index in [2.05, 4.69) is 16.8 Å². The Bertz CT molecular complexity index is 476. The van der Waals surface area contributed by atoms with Crippen LogP contribution in [0.25, 0.3) is 0 Å². The first kappa shape index (κ1) is 16.4. The van der Waals surface area contributed by atoms with Crippen molar-refractivity contribution < 1.29 is 9.47 Å². The number of methoxy groups -OCH3 is 2. The van der Waals surface area contributed by atoms with Gasteiger partial charge in [0.15, 0.2) is 11.5 Å². The van der Waals surface area contributed by atoms with Gasteiger partial charge in [-0.25, -0.2) is 0 Å². The van der Waals surface area contributed by atoms with E-state index in [0.717, 1.165) is 31.7 Å².